The van der Waals surface area contributed by atoms with E-state index in [0.717, 1.165) is 0 Å². The third-order valence-corrected chi connectivity index (χ3v) is 3.50. The van der Waals surface area contributed by atoms with Crippen molar-refractivity contribution >= 4 is 21.9 Å². The van der Waals surface area contributed by atoms with Gasteiger partial charge in [-0.1, -0.05) is 15.9 Å². The van der Waals surface area contributed by atoms with Crippen molar-refractivity contribution in [2.24, 2.45) is 0 Å². The predicted molar refractivity (Wildman–Crippen MR) is 60.9 cm³/mol. The molecule has 1 aliphatic rings. The maximum absolute atomic E-state index is 13.7. The minimum atomic E-state index is -1.13. The lowest BCUT2D eigenvalue weighted by Gasteiger charge is -2.24. The van der Waals surface area contributed by atoms with Gasteiger partial charge in [-0.3, -0.25) is 4.79 Å². The first-order valence-electron chi connectivity index (χ1n) is 4.96. The van der Waals surface area contributed by atoms with E-state index in [2.05, 4.69) is 21.2 Å². The van der Waals surface area contributed by atoms with Crippen LogP contribution in [0, 0.1) is 5.82 Å². The summed E-state index contributed by atoms with van der Waals surface area (Å²) < 4.78 is 14.4. The number of carboxylic acids is 1. The third-order valence-electron chi connectivity index (χ3n) is 3.01. The van der Waals surface area contributed by atoms with E-state index in [1.54, 1.807) is 12.1 Å². The maximum atomic E-state index is 13.7. The highest BCUT2D eigenvalue weighted by Gasteiger charge is 2.44. The number of nitrogens with one attached hydrogen (secondary N) is 1. The molecule has 2 N–H and O–H groups in total. The fourth-order valence-corrected chi connectivity index (χ4v) is 2.44. The number of rotatable bonds is 2. The molecule has 1 fully saturated rings. The number of hydrogen-bond acceptors (Lipinski definition) is 2. The molecule has 16 heavy (non-hydrogen) atoms. The molecule has 0 amide bonds. The van der Waals surface area contributed by atoms with Crippen LogP contribution in [-0.4, -0.2) is 24.2 Å². The summed E-state index contributed by atoms with van der Waals surface area (Å²) in [7, 11) is 0. The summed E-state index contributed by atoms with van der Waals surface area (Å²) in [6, 6.07) is 4.41. The predicted octanol–water partition coefficient (Wildman–Crippen LogP) is 1.90. The van der Waals surface area contributed by atoms with Gasteiger partial charge in [0.05, 0.1) is 0 Å². The molecule has 0 spiro atoms. The van der Waals surface area contributed by atoms with E-state index in [4.69, 9.17) is 0 Å². The first-order valence-corrected chi connectivity index (χ1v) is 5.75. The molecule has 0 saturated carbocycles. The van der Waals surface area contributed by atoms with E-state index in [1.807, 2.05) is 0 Å². The van der Waals surface area contributed by atoms with Crippen molar-refractivity contribution in [2.75, 3.05) is 13.1 Å². The Hall–Kier alpha value is -0.940. The molecular formula is C11H11BrFNO2. The highest BCUT2D eigenvalue weighted by Crippen LogP contribution is 2.34. The summed E-state index contributed by atoms with van der Waals surface area (Å²) in [5.41, 5.74) is -0.882. The molecule has 1 saturated heterocycles. The Bertz CT molecular complexity index is 430. The van der Waals surface area contributed by atoms with E-state index in [1.165, 1.54) is 6.07 Å². The van der Waals surface area contributed by atoms with Crippen molar-refractivity contribution in [3.8, 4) is 0 Å². The highest BCUT2D eigenvalue weighted by atomic mass is 79.9. The molecule has 0 radical (unpaired) electrons. The molecule has 1 aromatic carbocycles. The van der Waals surface area contributed by atoms with E-state index >= 15 is 0 Å². The van der Waals surface area contributed by atoms with E-state index < -0.39 is 17.2 Å². The standard InChI is InChI=1S/C11H11BrFNO2/c12-7-1-2-9(13)8(5-7)11(10(15)16)3-4-14-6-11/h1-2,5,14H,3-4,6H2,(H,15,16). The Morgan fingerprint density at radius 1 is 1.56 bits per heavy atom. The van der Waals surface area contributed by atoms with Gasteiger partial charge in [-0.2, -0.15) is 0 Å². The first-order chi connectivity index (χ1) is 7.56. The van der Waals surface area contributed by atoms with Crippen molar-refractivity contribution < 1.29 is 14.3 Å². The second-order valence-electron chi connectivity index (χ2n) is 3.94. The molecule has 86 valence electrons. The zero-order valence-electron chi connectivity index (χ0n) is 8.46. The number of carbonyl (C=O) groups is 1. The molecule has 0 bridgehead atoms. The van der Waals surface area contributed by atoms with Crippen LogP contribution in [0.3, 0.4) is 0 Å². The fraction of sp³-hybridized carbons (Fsp3) is 0.364. The van der Waals surface area contributed by atoms with Crippen LogP contribution in [0.15, 0.2) is 22.7 Å². The maximum Gasteiger partial charge on any atom is 0.315 e. The van der Waals surface area contributed by atoms with Gasteiger partial charge < -0.3 is 10.4 Å². The smallest absolute Gasteiger partial charge is 0.315 e. The van der Waals surface area contributed by atoms with Crippen LogP contribution < -0.4 is 5.32 Å². The average Bonchev–Trinajstić information content (AvgIpc) is 2.71. The van der Waals surface area contributed by atoms with Gasteiger partial charge in [0.15, 0.2) is 0 Å². The minimum Gasteiger partial charge on any atom is -0.481 e. The van der Waals surface area contributed by atoms with Crippen molar-refractivity contribution in [1.29, 1.82) is 0 Å². The summed E-state index contributed by atoms with van der Waals surface area (Å²) in [6.07, 6.45) is 0.412. The Morgan fingerprint density at radius 2 is 2.31 bits per heavy atom. The molecule has 1 atom stereocenters. The Balaban J connectivity index is 2.55. The van der Waals surface area contributed by atoms with Crippen LogP contribution in [-0.2, 0) is 10.2 Å². The van der Waals surface area contributed by atoms with Crippen LogP contribution in [0.25, 0.3) is 0 Å². The van der Waals surface area contributed by atoms with Gasteiger partial charge in [0.1, 0.15) is 11.2 Å². The first kappa shape index (κ1) is 11.5. The second kappa shape index (κ2) is 4.14. The van der Waals surface area contributed by atoms with Crippen molar-refractivity contribution in [1.82, 2.24) is 5.32 Å². The lowest BCUT2D eigenvalue weighted by atomic mass is 9.79. The van der Waals surface area contributed by atoms with Crippen molar-refractivity contribution in [3.05, 3.63) is 34.1 Å². The minimum absolute atomic E-state index is 0.249. The monoisotopic (exact) mass is 287 g/mol. The lowest BCUT2D eigenvalue weighted by Crippen LogP contribution is -2.38. The van der Waals surface area contributed by atoms with Crippen LogP contribution in [0.1, 0.15) is 12.0 Å². The van der Waals surface area contributed by atoms with E-state index in [0.29, 0.717) is 17.4 Å². The molecule has 1 aliphatic heterocycles. The van der Waals surface area contributed by atoms with Crippen molar-refractivity contribution in [3.63, 3.8) is 0 Å². The number of benzene rings is 1. The summed E-state index contributed by atoms with van der Waals surface area (Å²) in [6.45, 7) is 0.869. The van der Waals surface area contributed by atoms with Gasteiger partial charge in [-0.15, -0.1) is 0 Å². The van der Waals surface area contributed by atoms with Crippen LogP contribution in [0.2, 0.25) is 0 Å². The molecule has 1 aromatic rings. The Labute approximate surface area is 101 Å². The zero-order chi connectivity index (χ0) is 11.8. The average molecular weight is 288 g/mol. The third kappa shape index (κ3) is 1.74. The molecular weight excluding hydrogens is 277 g/mol. The molecule has 3 nitrogen and oxygen atoms in total. The van der Waals surface area contributed by atoms with Crippen LogP contribution in [0.5, 0.6) is 0 Å². The van der Waals surface area contributed by atoms with Gasteiger partial charge in [-0.05, 0) is 31.2 Å². The number of halogens is 2. The quantitative estimate of drug-likeness (QED) is 0.874. The van der Waals surface area contributed by atoms with Crippen LogP contribution >= 0.6 is 15.9 Å². The van der Waals surface area contributed by atoms with Crippen molar-refractivity contribution in [2.45, 2.75) is 11.8 Å². The van der Waals surface area contributed by atoms with E-state index in [9.17, 15) is 14.3 Å². The number of hydrogen-bond donors (Lipinski definition) is 2. The summed E-state index contributed by atoms with van der Waals surface area (Å²) in [5, 5.41) is 12.3. The fourth-order valence-electron chi connectivity index (χ4n) is 2.08. The van der Waals surface area contributed by atoms with Gasteiger partial charge in [0.2, 0.25) is 0 Å². The molecule has 1 unspecified atom stereocenters. The molecule has 0 aliphatic carbocycles. The summed E-state index contributed by atoms with van der Waals surface area (Å²) in [5.74, 6) is -1.44. The Kier molecular flexibility index (Phi) is 2.99. The lowest BCUT2D eigenvalue weighted by molar-refractivity contribution is -0.143. The molecule has 2 rings (SSSR count). The van der Waals surface area contributed by atoms with Gasteiger partial charge in [-0.25, -0.2) is 4.39 Å². The van der Waals surface area contributed by atoms with Gasteiger partial charge >= 0.3 is 5.97 Å². The number of aliphatic carboxylic acids is 1. The normalized spacial score (nSPS) is 24.6. The van der Waals surface area contributed by atoms with Gasteiger partial charge in [0, 0.05) is 16.6 Å². The number of carboxylic acid groups (broad SMARTS) is 1. The Morgan fingerprint density at radius 3 is 2.88 bits per heavy atom. The molecule has 5 heteroatoms. The summed E-state index contributed by atoms with van der Waals surface area (Å²) >= 11 is 3.24. The van der Waals surface area contributed by atoms with Gasteiger partial charge in [0.25, 0.3) is 0 Å². The molecule has 0 aromatic heterocycles. The topological polar surface area (TPSA) is 49.3 Å². The second-order valence-corrected chi connectivity index (χ2v) is 4.85. The SMILES string of the molecule is O=C(O)C1(c2cc(Br)ccc2F)CCNC1. The van der Waals surface area contributed by atoms with Crippen LogP contribution in [0.4, 0.5) is 4.39 Å². The highest BCUT2D eigenvalue weighted by molar-refractivity contribution is 9.10. The summed E-state index contributed by atoms with van der Waals surface area (Å²) in [4.78, 5) is 11.4. The molecule has 1 heterocycles. The largest absolute Gasteiger partial charge is 0.481 e. The van der Waals surface area contributed by atoms with E-state index in [-0.39, 0.29) is 12.1 Å². The zero-order valence-corrected chi connectivity index (χ0v) is 10.1.